The zero-order valence-electron chi connectivity index (χ0n) is 11.1. The van der Waals surface area contributed by atoms with Crippen molar-refractivity contribution in [1.29, 1.82) is 0 Å². The number of allylic oxidation sites excluding steroid dienone is 2. The van der Waals surface area contributed by atoms with Gasteiger partial charge in [0.25, 0.3) is 0 Å². The first kappa shape index (κ1) is 12.6. The molecule has 1 saturated carbocycles. The summed E-state index contributed by atoms with van der Waals surface area (Å²) in [6, 6.07) is 0. The first-order valence-electron chi connectivity index (χ1n) is 7.48. The highest BCUT2D eigenvalue weighted by atomic mass is 16.5. The van der Waals surface area contributed by atoms with Gasteiger partial charge in [0.1, 0.15) is 0 Å². The van der Waals surface area contributed by atoms with Crippen LogP contribution in [0.25, 0.3) is 0 Å². The molecule has 18 heavy (non-hydrogen) atoms. The number of ether oxygens (including phenoxy) is 1. The lowest BCUT2D eigenvalue weighted by Gasteiger charge is -2.27. The SMILES string of the molecule is O[C@H](CNC[C@H]1C[C@H]2C=C[C@H]1C2)C1CCOCC1. The molecule has 3 rings (SSSR count). The first-order valence-corrected chi connectivity index (χ1v) is 7.48. The molecule has 1 aliphatic heterocycles. The van der Waals surface area contributed by atoms with Crippen molar-refractivity contribution < 1.29 is 9.84 Å². The molecule has 0 aromatic rings. The van der Waals surface area contributed by atoms with Gasteiger partial charge in [-0.3, -0.25) is 0 Å². The van der Waals surface area contributed by atoms with Gasteiger partial charge in [0, 0.05) is 19.8 Å². The second-order valence-electron chi connectivity index (χ2n) is 6.22. The van der Waals surface area contributed by atoms with Crippen LogP contribution in [0.3, 0.4) is 0 Å². The topological polar surface area (TPSA) is 41.5 Å². The number of fused-ring (bicyclic) bond motifs is 2. The van der Waals surface area contributed by atoms with E-state index in [9.17, 15) is 5.11 Å². The van der Waals surface area contributed by atoms with Crippen molar-refractivity contribution in [3.8, 4) is 0 Å². The quantitative estimate of drug-likeness (QED) is 0.729. The van der Waals surface area contributed by atoms with Crippen LogP contribution in [-0.4, -0.2) is 37.5 Å². The van der Waals surface area contributed by atoms with Crippen LogP contribution in [0.5, 0.6) is 0 Å². The van der Waals surface area contributed by atoms with E-state index in [1.54, 1.807) is 0 Å². The Morgan fingerprint density at radius 1 is 1.22 bits per heavy atom. The van der Waals surface area contributed by atoms with Gasteiger partial charge in [-0.15, -0.1) is 0 Å². The molecule has 0 amide bonds. The summed E-state index contributed by atoms with van der Waals surface area (Å²) < 4.78 is 5.33. The van der Waals surface area contributed by atoms with E-state index in [0.717, 1.165) is 56.9 Å². The maximum absolute atomic E-state index is 10.1. The highest BCUT2D eigenvalue weighted by Gasteiger charge is 2.35. The molecule has 0 spiro atoms. The fourth-order valence-corrected chi connectivity index (χ4v) is 3.81. The van der Waals surface area contributed by atoms with Gasteiger partial charge in [0.2, 0.25) is 0 Å². The molecule has 3 nitrogen and oxygen atoms in total. The largest absolute Gasteiger partial charge is 0.392 e. The van der Waals surface area contributed by atoms with Gasteiger partial charge < -0.3 is 15.2 Å². The molecule has 3 heteroatoms. The molecule has 0 radical (unpaired) electrons. The van der Waals surface area contributed by atoms with Crippen molar-refractivity contribution in [3.63, 3.8) is 0 Å². The van der Waals surface area contributed by atoms with Crippen LogP contribution < -0.4 is 5.32 Å². The predicted octanol–water partition coefficient (Wildman–Crippen LogP) is 1.58. The summed E-state index contributed by atoms with van der Waals surface area (Å²) in [5.41, 5.74) is 0. The minimum absolute atomic E-state index is 0.192. The van der Waals surface area contributed by atoms with Gasteiger partial charge in [-0.05, 0) is 55.9 Å². The number of hydrogen-bond acceptors (Lipinski definition) is 3. The van der Waals surface area contributed by atoms with Gasteiger partial charge in [0.05, 0.1) is 6.10 Å². The minimum atomic E-state index is -0.192. The average molecular weight is 251 g/mol. The van der Waals surface area contributed by atoms with Crippen LogP contribution >= 0.6 is 0 Å². The second-order valence-corrected chi connectivity index (χ2v) is 6.22. The van der Waals surface area contributed by atoms with E-state index in [4.69, 9.17) is 4.74 Å². The Morgan fingerprint density at radius 3 is 2.72 bits per heavy atom. The Bertz CT molecular complexity index is 299. The number of hydrogen-bond donors (Lipinski definition) is 2. The molecule has 102 valence electrons. The smallest absolute Gasteiger partial charge is 0.0694 e. The summed E-state index contributed by atoms with van der Waals surface area (Å²) in [4.78, 5) is 0. The Hall–Kier alpha value is -0.380. The van der Waals surface area contributed by atoms with E-state index in [-0.39, 0.29) is 6.10 Å². The van der Waals surface area contributed by atoms with Crippen molar-refractivity contribution in [2.75, 3.05) is 26.3 Å². The Morgan fingerprint density at radius 2 is 2.06 bits per heavy atom. The third-order valence-corrected chi connectivity index (χ3v) is 4.99. The number of aliphatic hydroxyl groups is 1. The minimum Gasteiger partial charge on any atom is -0.392 e. The van der Waals surface area contributed by atoms with Crippen LogP contribution in [0, 0.1) is 23.7 Å². The van der Waals surface area contributed by atoms with Crippen LogP contribution in [0.4, 0.5) is 0 Å². The molecule has 0 aromatic carbocycles. The number of aliphatic hydroxyl groups excluding tert-OH is 1. The van der Waals surface area contributed by atoms with Crippen LogP contribution in [-0.2, 0) is 4.74 Å². The van der Waals surface area contributed by atoms with Gasteiger partial charge in [-0.2, -0.15) is 0 Å². The number of rotatable bonds is 5. The molecule has 0 aromatic heterocycles. The zero-order valence-corrected chi connectivity index (χ0v) is 11.1. The molecule has 1 heterocycles. The van der Waals surface area contributed by atoms with E-state index >= 15 is 0 Å². The molecule has 0 unspecified atom stereocenters. The van der Waals surface area contributed by atoms with Gasteiger partial charge in [0.15, 0.2) is 0 Å². The van der Waals surface area contributed by atoms with Crippen molar-refractivity contribution >= 4 is 0 Å². The summed E-state index contributed by atoms with van der Waals surface area (Å²) in [7, 11) is 0. The normalized spacial score (nSPS) is 37.3. The second kappa shape index (κ2) is 5.72. The summed E-state index contributed by atoms with van der Waals surface area (Å²) >= 11 is 0. The van der Waals surface area contributed by atoms with Crippen LogP contribution in [0.15, 0.2) is 12.2 Å². The van der Waals surface area contributed by atoms with Crippen LogP contribution in [0.2, 0.25) is 0 Å². The predicted molar refractivity (Wildman–Crippen MR) is 71.3 cm³/mol. The zero-order chi connectivity index (χ0) is 12.4. The highest BCUT2D eigenvalue weighted by Crippen LogP contribution is 2.42. The van der Waals surface area contributed by atoms with E-state index in [1.807, 2.05) is 0 Å². The van der Waals surface area contributed by atoms with Crippen molar-refractivity contribution in [3.05, 3.63) is 12.2 Å². The molecular formula is C15H25NO2. The Kier molecular flexibility index (Phi) is 4.02. The van der Waals surface area contributed by atoms with Crippen LogP contribution in [0.1, 0.15) is 25.7 Å². The molecule has 3 aliphatic rings. The lowest BCUT2D eigenvalue weighted by atomic mass is 9.92. The molecule has 2 bridgehead atoms. The van der Waals surface area contributed by atoms with Gasteiger partial charge in [-0.25, -0.2) is 0 Å². The molecule has 2 N–H and O–H groups in total. The molecular weight excluding hydrogens is 226 g/mol. The summed E-state index contributed by atoms with van der Waals surface area (Å²) in [6.45, 7) is 3.46. The monoisotopic (exact) mass is 251 g/mol. The van der Waals surface area contributed by atoms with Crippen molar-refractivity contribution in [2.24, 2.45) is 23.7 Å². The average Bonchev–Trinajstić information content (AvgIpc) is 3.02. The van der Waals surface area contributed by atoms with Gasteiger partial charge >= 0.3 is 0 Å². The maximum atomic E-state index is 10.1. The van der Waals surface area contributed by atoms with Gasteiger partial charge in [-0.1, -0.05) is 12.2 Å². The Labute approximate surface area is 110 Å². The van der Waals surface area contributed by atoms with E-state index in [1.165, 1.54) is 12.8 Å². The fraction of sp³-hybridized carbons (Fsp3) is 0.867. The van der Waals surface area contributed by atoms with E-state index in [0.29, 0.717) is 5.92 Å². The van der Waals surface area contributed by atoms with E-state index < -0.39 is 0 Å². The lowest BCUT2D eigenvalue weighted by molar-refractivity contribution is 0.00824. The third kappa shape index (κ3) is 2.79. The summed E-state index contributed by atoms with van der Waals surface area (Å²) in [5.74, 6) is 2.90. The van der Waals surface area contributed by atoms with Crippen molar-refractivity contribution in [1.82, 2.24) is 5.32 Å². The summed E-state index contributed by atoms with van der Waals surface area (Å²) in [5, 5.41) is 13.6. The maximum Gasteiger partial charge on any atom is 0.0694 e. The third-order valence-electron chi connectivity index (χ3n) is 4.99. The lowest BCUT2D eigenvalue weighted by Crippen LogP contribution is -2.38. The molecule has 2 aliphatic carbocycles. The first-order chi connectivity index (χ1) is 8.83. The molecule has 2 fully saturated rings. The van der Waals surface area contributed by atoms with E-state index in [2.05, 4.69) is 17.5 Å². The highest BCUT2D eigenvalue weighted by molar-refractivity contribution is 5.10. The summed E-state index contributed by atoms with van der Waals surface area (Å²) in [6.07, 6.45) is 9.34. The fourth-order valence-electron chi connectivity index (χ4n) is 3.81. The molecule has 1 saturated heterocycles. The standard InChI is InChI=1S/C15H25NO2/c17-15(12-3-5-18-6-4-12)10-16-9-14-8-11-1-2-13(14)7-11/h1-2,11-17H,3-10H2/t11-,13-,14+,15+/m0/s1. The number of nitrogens with one attached hydrogen (secondary N) is 1. The van der Waals surface area contributed by atoms with Crippen molar-refractivity contribution in [2.45, 2.75) is 31.8 Å². The Balaban J connectivity index is 1.35. The molecule has 4 atom stereocenters.